The first-order valence-electron chi connectivity index (χ1n) is 5.50. The smallest absolute Gasteiger partial charge is 0.424 e. The molecule has 0 aliphatic heterocycles. The van der Waals surface area contributed by atoms with Gasteiger partial charge in [-0.05, 0) is 15.9 Å². The molecule has 0 N–H and O–H groups in total. The van der Waals surface area contributed by atoms with Crippen LogP contribution in [0.15, 0.2) is 20.5 Å². The number of thioether (sulfide) groups is 1. The van der Waals surface area contributed by atoms with Crippen LogP contribution >= 0.6 is 27.7 Å². The monoisotopic (exact) mass is 407 g/mol. The zero-order chi connectivity index (χ0) is 16.5. The Balaban J connectivity index is 2.32. The van der Waals surface area contributed by atoms with E-state index in [4.69, 9.17) is 4.42 Å². The fourth-order valence-corrected chi connectivity index (χ4v) is 2.75. The second kappa shape index (κ2) is 6.44. The Morgan fingerprint density at radius 2 is 2.14 bits per heavy atom. The summed E-state index contributed by atoms with van der Waals surface area (Å²) in [7, 11) is 1.09. The van der Waals surface area contributed by atoms with E-state index in [1.807, 2.05) is 0 Å². The first-order chi connectivity index (χ1) is 10.2. The van der Waals surface area contributed by atoms with Crippen LogP contribution in [0.1, 0.15) is 11.3 Å². The van der Waals surface area contributed by atoms with Gasteiger partial charge < -0.3 is 9.15 Å². The normalized spacial score (nSPS) is 12.2. The van der Waals surface area contributed by atoms with Gasteiger partial charge in [-0.2, -0.15) is 27.1 Å². The molecule has 0 unspecified atom stereocenters. The van der Waals surface area contributed by atoms with Gasteiger partial charge in [0.15, 0.2) is 10.4 Å². The maximum Gasteiger partial charge on any atom is 0.435 e. The van der Waals surface area contributed by atoms with E-state index in [-0.39, 0.29) is 11.0 Å². The van der Waals surface area contributed by atoms with Crippen molar-refractivity contribution in [2.75, 3.05) is 0 Å². The molecule has 0 fully saturated rings. The molecule has 12 heteroatoms. The Morgan fingerprint density at radius 3 is 2.64 bits per heavy atom. The second-order valence-corrected chi connectivity index (χ2v) is 5.56. The summed E-state index contributed by atoms with van der Waals surface area (Å²) in [5.74, 6) is -1.00. The predicted molar refractivity (Wildman–Crippen MR) is 68.6 cm³/mol. The second-order valence-electron chi connectivity index (χ2n) is 3.85. The number of hydrogen-bond donors (Lipinski definition) is 0. The molecule has 0 radical (unpaired) electrons. The molecule has 5 nitrogen and oxygen atoms in total. The van der Waals surface area contributed by atoms with Crippen molar-refractivity contribution in [2.24, 2.45) is 7.05 Å². The summed E-state index contributed by atoms with van der Waals surface area (Å²) in [4.78, 5) is 3.77. The minimum Gasteiger partial charge on any atom is -0.424 e. The lowest BCUT2D eigenvalue weighted by Crippen LogP contribution is -2.09. The maximum absolute atomic E-state index is 12.9. The summed E-state index contributed by atoms with van der Waals surface area (Å²) in [5, 5.41) is 3.29. The number of aromatic nitrogens is 3. The van der Waals surface area contributed by atoms with E-state index in [1.54, 1.807) is 0 Å². The van der Waals surface area contributed by atoms with E-state index in [0.29, 0.717) is 9.35 Å². The van der Waals surface area contributed by atoms with Crippen molar-refractivity contribution in [3.63, 3.8) is 0 Å². The average Bonchev–Trinajstić information content (AvgIpc) is 2.92. The minimum absolute atomic E-state index is 0.0758. The Kier molecular flexibility index (Phi) is 5.00. The van der Waals surface area contributed by atoms with Crippen molar-refractivity contribution in [1.29, 1.82) is 0 Å². The van der Waals surface area contributed by atoms with Crippen LogP contribution in [0.25, 0.3) is 0 Å². The fraction of sp³-hybridized carbons (Fsp3) is 0.400. The van der Waals surface area contributed by atoms with Gasteiger partial charge in [0.25, 0.3) is 5.22 Å². The van der Waals surface area contributed by atoms with Gasteiger partial charge >= 0.3 is 12.8 Å². The van der Waals surface area contributed by atoms with Crippen LogP contribution in [0.2, 0.25) is 0 Å². The largest absolute Gasteiger partial charge is 0.435 e. The van der Waals surface area contributed by atoms with Crippen LogP contribution < -0.4 is 4.74 Å². The number of ether oxygens (including phenoxy) is 1. The van der Waals surface area contributed by atoms with E-state index < -0.39 is 29.9 Å². The van der Waals surface area contributed by atoms with Crippen molar-refractivity contribution < 1.29 is 31.1 Å². The van der Waals surface area contributed by atoms with Crippen molar-refractivity contribution in [3.05, 3.63) is 22.1 Å². The van der Waals surface area contributed by atoms with Crippen molar-refractivity contribution in [2.45, 2.75) is 23.8 Å². The number of hydrogen-bond acceptors (Lipinski definition) is 5. The summed E-state index contributed by atoms with van der Waals surface area (Å²) in [5.41, 5.74) is -1.79. The molecule has 2 rings (SSSR count). The summed E-state index contributed by atoms with van der Waals surface area (Å²) in [6, 6.07) is 0. The van der Waals surface area contributed by atoms with E-state index in [2.05, 4.69) is 30.7 Å². The summed E-state index contributed by atoms with van der Waals surface area (Å²) < 4.78 is 73.6. The molecule has 2 aromatic heterocycles. The van der Waals surface area contributed by atoms with Gasteiger partial charge in [0.2, 0.25) is 5.88 Å². The molecular formula is C10H7BrF5N3O2S. The van der Waals surface area contributed by atoms with Crippen molar-refractivity contribution >= 4 is 27.7 Å². The lowest BCUT2D eigenvalue weighted by molar-refractivity contribution is -0.142. The van der Waals surface area contributed by atoms with E-state index in [9.17, 15) is 22.0 Å². The third-order valence-corrected chi connectivity index (χ3v) is 3.59. The van der Waals surface area contributed by atoms with Crippen LogP contribution in [-0.2, 0) is 19.0 Å². The Bertz CT molecular complexity index is 658. The maximum atomic E-state index is 12.9. The van der Waals surface area contributed by atoms with Crippen LogP contribution in [0.4, 0.5) is 22.0 Å². The average molecular weight is 408 g/mol. The SMILES string of the molecule is Cn1nc(C(F)(F)F)c(CSc2ncc(Br)o2)c1OC(F)F. The molecule has 2 aromatic rings. The Morgan fingerprint density at radius 1 is 1.45 bits per heavy atom. The standard InChI is InChI=1S/C10H7BrF5N3O2S/c1-19-7(21-8(12)13)4(6(18-19)10(14,15)16)3-22-9-17-2-5(11)20-9/h2,8H,3H2,1H3. The van der Waals surface area contributed by atoms with Gasteiger partial charge in [0.1, 0.15) is 0 Å². The van der Waals surface area contributed by atoms with Gasteiger partial charge in [0, 0.05) is 12.8 Å². The van der Waals surface area contributed by atoms with Crippen LogP contribution in [0.3, 0.4) is 0 Å². The predicted octanol–water partition coefficient (Wildman–Crippen LogP) is 4.08. The highest BCUT2D eigenvalue weighted by Crippen LogP contribution is 2.39. The highest BCUT2D eigenvalue weighted by atomic mass is 79.9. The highest BCUT2D eigenvalue weighted by Gasteiger charge is 2.40. The number of rotatable bonds is 5. The summed E-state index contributed by atoms with van der Waals surface area (Å²) in [6.45, 7) is -3.27. The van der Waals surface area contributed by atoms with E-state index in [1.165, 1.54) is 6.20 Å². The van der Waals surface area contributed by atoms with E-state index >= 15 is 0 Å². The molecule has 0 bridgehead atoms. The Hall–Kier alpha value is -1.30. The first-order valence-corrected chi connectivity index (χ1v) is 7.28. The molecule has 122 valence electrons. The van der Waals surface area contributed by atoms with Crippen LogP contribution in [0.5, 0.6) is 5.88 Å². The van der Waals surface area contributed by atoms with Crippen molar-refractivity contribution in [3.8, 4) is 5.88 Å². The van der Waals surface area contributed by atoms with Gasteiger partial charge in [-0.1, -0.05) is 11.8 Å². The molecule has 0 aliphatic rings. The third kappa shape index (κ3) is 3.91. The number of aryl methyl sites for hydroxylation is 1. The number of oxazole rings is 1. The molecule has 22 heavy (non-hydrogen) atoms. The van der Waals surface area contributed by atoms with Crippen LogP contribution in [-0.4, -0.2) is 21.4 Å². The molecule has 0 saturated carbocycles. The molecular weight excluding hydrogens is 401 g/mol. The lowest BCUT2D eigenvalue weighted by atomic mass is 10.2. The zero-order valence-corrected chi connectivity index (χ0v) is 13.1. The van der Waals surface area contributed by atoms with Gasteiger partial charge in [-0.15, -0.1) is 0 Å². The molecule has 0 saturated heterocycles. The third-order valence-electron chi connectivity index (χ3n) is 2.35. The molecule has 0 aromatic carbocycles. The topological polar surface area (TPSA) is 53.1 Å². The minimum atomic E-state index is -4.80. The number of alkyl halides is 5. The van der Waals surface area contributed by atoms with Crippen LogP contribution in [0, 0.1) is 0 Å². The van der Waals surface area contributed by atoms with Crippen molar-refractivity contribution in [1.82, 2.24) is 14.8 Å². The Labute approximate surface area is 133 Å². The summed E-state index contributed by atoms with van der Waals surface area (Å²) >= 11 is 3.79. The van der Waals surface area contributed by atoms with Gasteiger partial charge in [-0.25, -0.2) is 9.67 Å². The zero-order valence-electron chi connectivity index (χ0n) is 10.7. The fourth-order valence-electron chi connectivity index (χ4n) is 1.58. The molecule has 0 spiro atoms. The first kappa shape index (κ1) is 17.1. The molecule has 0 amide bonds. The van der Waals surface area contributed by atoms with E-state index in [0.717, 1.165) is 18.8 Å². The number of nitrogens with zero attached hydrogens (tertiary/aromatic N) is 3. The highest BCUT2D eigenvalue weighted by molar-refractivity contribution is 9.10. The molecule has 2 heterocycles. The summed E-state index contributed by atoms with van der Waals surface area (Å²) in [6.07, 6.45) is -3.48. The molecule has 0 atom stereocenters. The van der Waals surface area contributed by atoms with Gasteiger partial charge in [-0.3, -0.25) is 0 Å². The quantitative estimate of drug-likeness (QED) is 0.552. The van der Waals surface area contributed by atoms with Gasteiger partial charge in [0.05, 0.1) is 11.8 Å². The lowest BCUT2D eigenvalue weighted by Gasteiger charge is -2.08. The molecule has 0 aliphatic carbocycles. The number of halogens is 6.